The van der Waals surface area contributed by atoms with Crippen LogP contribution in [0.5, 0.6) is 0 Å². The van der Waals surface area contributed by atoms with E-state index in [1.807, 2.05) is 6.07 Å². The summed E-state index contributed by atoms with van der Waals surface area (Å²) < 4.78 is 8.76. The lowest BCUT2D eigenvalue weighted by Crippen LogP contribution is -2.70. The summed E-state index contributed by atoms with van der Waals surface area (Å²) in [6, 6.07) is 7.08. The van der Waals surface area contributed by atoms with Crippen molar-refractivity contribution in [2.75, 3.05) is 0 Å². The summed E-state index contributed by atoms with van der Waals surface area (Å²) in [5.41, 5.74) is 3.52. The normalized spacial score (nSPS) is 32.2. The fourth-order valence-corrected chi connectivity index (χ4v) is 5.33. The Bertz CT molecular complexity index is 815. The molecule has 3 aliphatic rings. The molecule has 2 N–H and O–H groups in total. The van der Waals surface area contributed by atoms with Gasteiger partial charge in [0, 0.05) is 30.0 Å². The molecule has 3 fully saturated rings. The maximum Gasteiger partial charge on any atom is 0.223 e. The van der Waals surface area contributed by atoms with E-state index in [4.69, 9.17) is 0 Å². The number of hydrogen-bond acceptors (Lipinski definition) is 5. The van der Waals surface area contributed by atoms with E-state index in [0.29, 0.717) is 29.3 Å². The van der Waals surface area contributed by atoms with Crippen LogP contribution < -0.4 is 10.6 Å². The first kappa shape index (κ1) is 15.7. The van der Waals surface area contributed by atoms with Crippen molar-refractivity contribution in [1.82, 2.24) is 19.4 Å². The molecule has 5 nitrogen and oxygen atoms in total. The summed E-state index contributed by atoms with van der Waals surface area (Å²) in [7, 11) is 0. The van der Waals surface area contributed by atoms with Gasteiger partial charge in [-0.3, -0.25) is 4.79 Å². The summed E-state index contributed by atoms with van der Waals surface area (Å²) in [4.78, 5) is 12.3. The molecule has 0 aliphatic heterocycles. The van der Waals surface area contributed by atoms with Crippen molar-refractivity contribution in [3.05, 3.63) is 23.8 Å². The molecule has 6 heteroatoms. The molecule has 4 atom stereocenters. The lowest BCUT2D eigenvalue weighted by molar-refractivity contribution is -0.130. The van der Waals surface area contributed by atoms with E-state index in [1.165, 1.54) is 36.6 Å². The Morgan fingerprint density at radius 1 is 1.28 bits per heavy atom. The number of benzene rings is 1. The molecular formula is C19H24N4OS. The first-order valence-electron chi connectivity index (χ1n) is 9.41. The highest BCUT2D eigenvalue weighted by molar-refractivity contribution is 7.00. The molecule has 0 radical (unpaired) electrons. The molecule has 3 aliphatic carbocycles. The largest absolute Gasteiger partial charge is 0.352 e. The number of nitrogens with zero attached hydrogens (tertiary/aromatic N) is 2. The second kappa shape index (κ2) is 5.74. The van der Waals surface area contributed by atoms with Gasteiger partial charge in [0.15, 0.2) is 0 Å². The van der Waals surface area contributed by atoms with E-state index in [9.17, 15) is 4.79 Å². The van der Waals surface area contributed by atoms with Crippen LogP contribution in [0.15, 0.2) is 18.2 Å². The summed E-state index contributed by atoms with van der Waals surface area (Å²) in [5, 5.41) is 7.11. The van der Waals surface area contributed by atoms with E-state index in [1.54, 1.807) is 0 Å². The monoisotopic (exact) mass is 356 g/mol. The van der Waals surface area contributed by atoms with Gasteiger partial charge in [0.05, 0.1) is 11.7 Å². The smallest absolute Gasteiger partial charge is 0.223 e. The van der Waals surface area contributed by atoms with Gasteiger partial charge in [-0.2, -0.15) is 8.75 Å². The van der Waals surface area contributed by atoms with Crippen molar-refractivity contribution in [3.8, 4) is 0 Å². The average Bonchev–Trinajstić information content (AvgIpc) is 3.07. The van der Waals surface area contributed by atoms with E-state index >= 15 is 0 Å². The van der Waals surface area contributed by atoms with Crippen molar-refractivity contribution in [2.24, 2.45) is 17.3 Å². The molecule has 3 saturated carbocycles. The van der Waals surface area contributed by atoms with Crippen molar-refractivity contribution < 1.29 is 4.79 Å². The van der Waals surface area contributed by atoms with Crippen molar-refractivity contribution >= 4 is 28.7 Å². The van der Waals surface area contributed by atoms with Gasteiger partial charge in [-0.25, -0.2) is 0 Å². The van der Waals surface area contributed by atoms with Gasteiger partial charge in [-0.15, -0.1) is 0 Å². The Morgan fingerprint density at radius 3 is 2.84 bits per heavy atom. The van der Waals surface area contributed by atoms with Crippen LogP contribution >= 0.6 is 11.7 Å². The predicted molar refractivity (Wildman–Crippen MR) is 98.1 cm³/mol. The number of aromatic nitrogens is 2. The van der Waals surface area contributed by atoms with Gasteiger partial charge >= 0.3 is 0 Å². The lowest BCUT2D eigenvalue weighted by atomic mass is 9.49. The molecule has 2 aromatic rings. The minimum atomic E-state index is 0.277. The van der Waals surface area contributed by atoms with Crippen molar-refractivity contribution in [3.63, 3.8) is 0 Å². The standard InChI is InChI=1S/C19H24N4OS/c1-11-8-13(11)18(24)21-16-9-15(19(16)6-3-7-19)20-10-12-4-2-5-14-17(12)23-25-22-14/h2,4-5,11,13,15-16,20H,3,6-10H2,1H3,(H,21,24). The van der Waals surface area contributed by atoms with Gasteiger partial charge in [0.1, 0.15) is 11.0 Å². The van der Waals surface area contributed by atoms with Crippen LogP contribution in [0.3, 0.4) is 0 Å². The number of rotatable bonds is 5. The molecule has 1 aromatic heterocycles. The van der Waals surface area contributed by atoms with Crippen LogP contribution in [0.4, 0.5) is 0 Å². The summed E-state index contributed by atoms with van der Waals surface area (Å²) in [6.07, 6.45) is 5.88. The number of nitrogens with one attached hydrogen (secondary N) is 2. The second-order valence-corrected chi connectivity index (χ2v) is 8.71. The molecule has 5 rings (SSSR count). The molecular weight excluding hydrogens is 332 g/mol. The molecule has 0 saturated heterocycles. The minimum absolute atomic E-state index is 0.277. The highest BCUT2D eigenvalue weighted by Crippen LogP contribution is 2.56. The first-order chi connectivity index (χ1) is 12.2. The summed E-state index contributed by atoms with van der Waals surface area (Å²) >= 11 is 1.28. The maximum atomic E-state index is 12.3. The number of carbonyl (C=O) groups excluding carboxylic acids is 1. The van der Waals surface area contributed by atoms with E-state index in [0.717, 1.165) is 30.4 Å². The molecule has 132 valence electrons. The van der Waals surface area contributed by atoms with Gasteiger partial charge in [-0.05, 0) is 43.2 Å². The quantitative estimate of drug-likeness (QED) is 0.864. The van der Waals surface area contributed by atoms with Gasteiger partial charge < -0.3 is 10.6 Å². The van der Waals surface area contributed by atoms with Crippen LogP contribution in [0.25, 0.3) is 11.0 Å². The number of fused-ring (bicyclic) bond motifs is 1. The Hall–Kier alpha value is -1.53. The topological polar surface area (TPSA) is 66.9 Å². The van der Waals surface area contributed by atoms with E-state index < -0.39 is 0 Å². The number of hydrogen-bond donors (Lipinski definition) is 2. The van der Waals surface area contributed by atoms with Crippen LogP contribution in [-0.4, -0.2) is 26.7 Å². The van der Waals surface area contributed by atoms with Crippen molar-refractivity contribution in [2.45, 2.75) is 57.7 Å². The van der Waals surface area contributed by atoms with Crippen LogP contribution in [0.1, 0.15) is 44.6 Å². The molecule has 1 amide bonds. The molecule has 25 heavy (non-hydrogen) atoms. The van der Waals surface area contributed by atoms with Crippen molar-refractivity contribution in [1.29, 1.82) is 0 Å². The van der Waals surface area contributed by atoms with Crippen LogP contribution in [-0.2, 0) is 11.3 Å². The third kappa shape index (κ3) is 2.49. The number of amides is 1. The van der Waals surface area contributed by atoms with Crippen LogP contribution in [0, 0.1) is 17.3 Å². The second-order valence-electron chi connectivity index (χ2n) is 8.19. The zero-order chi connectivity index (χ0) is 17.0. The fourth-order valence-electron chi connectivity index (χ4n) is 4.76. The highest BCUT2D eigenvalue weighted by atomic mass is 32.1. The van der Waals surface area contributed by atoms with Gasteiger partial charge in [-0.1, -0.05) is 25.5 Å². The molecule has 1 aromatic carbocycles. The molecule has 0 bridgehead atoms. The minimum Gasteiger partial charge on any atom is -0.352 e. The molecule has 4 unspecified atom stereocenters. The number of carbonyl (C=O) groups is 1. The first-order valence-corrected chi connectivity index (χ1v) is 10.1. The third-order valence-electron chi connectivity index (χ3n) is 6.82. The van der Waals surface area contributed by atoms with Gasteiger partial charge in [0.2, 0.25) is 5.91 Å². The summed E-state index contributed by atoms with van der Waals surface area (Å²) in [5.74, 6) is 1.15. The Balaban J connectivity index is 1.23. The van der Waals surface area contributed by atoms with Crippen LogP contribution in [0.2, 0.25) is 0 Å². The zero-order valence-corrected chi connectivity index (χ0v) is 15.3. The highest BCUT2D eigenvalue weighted by Gasteiger charge is 2.59. The SMILES string of the molecule is CC1CC1C(=O)NC1CC(NCc2cccc3nsnc23)C12CCC2. The molecule has 1 spiro atoms. The lowest BCUT2D eigenvalue weighted by Gasteiger charge is -2.62. The van der Waals surface area contributed by atoms with E-state index in [-0.39, 0.29) is 5.92 Å². The zero-order valence-electron chi connectivity index (χ0n) is 14.5. The Labute approximate surface area is 151 Å². The maximum absolute atomic E-state index is 12.3. The fraction of sp³-hybridized carbons (Fsp3) is 0.632. The summed E-state index contributed by atoms with van der Waals surface area (Å²) in [6.45, 7) is 3.00. The Kier molecular flexibility index (Phi) is 3.61. The Morgan fingerprint density at radius 2 is 2.12 bits per heavy atom. The average molecular weight is 356 g/mol. The molecule has 1 heterocycles. The third-order valence-corrected chi connectivity index (χ3v) is 7.36. The van der Waals surface area contributed by atoms with Gasteiger partial charge in [0.25, 0.3) is 0 Å². The predicted octanol–water partition coefficient (Wildman–Crippen LogP) is 2.86. The van der Waals surface area contributed by atoms with E-state index in [2.05, 4.69) is 38.4 Å².